The highest BCUT2D eigenvalue weighted by atomic mass is 79.9. The molecular formula is C17H11BrClNO2S. The van der Waals surface area contributed by atoms with E-state index in [1.54, 1.807) is 30.5 Å². The summed E-state index contributed by atoms with van der Waals surface area (Å²) < 4.78 is 6.64. The lowest BCUT2D eigenvalue weighted by Crippen LogP contribution is -1.74. The number of aliphatic imine (C=N–C) groups is 1. The third-order valence-corrected chi connectivity index (χ3v) is 4.99. The van der Waals surface area contributed by atoms with Gasteiger partial charge in [0.1, 0.15) is 11.5 Å². The monoisotopic (exact) mass is 407 g/mol. The van der Waals surface area contributed by atoms with Crippen molar-refractivity contribution in [2.24, 2.45) is 4.99 Å². The molecule has 116 valence electrons. The second-order valence-electron chi connectivity index (χ2n) is 4.61. The summed E-state index contributed by atoms with van der Waals surface area (Å²) in [5, 5.41) is 10.7. The predicted octanol–water partition coefficient (Wildman–Crippen LogP) is 6.30. The van der Waals surface area contributed by atoms with Gasteiger partial charge in [0.25, 0.3) is 0 Å². The molecule has 0 bridgehead atoms. The van der Waals surface area contributed by atoms with Crippen LogP contribution in [0.1, 0.15) is 5.76 Å². The molecule has 3 rings (SSSR count). The number of hydrogen-bond acceptors (Lipinski definition) is 4. The van der Waals surface area contributed by atoms with Crippen molar-refractivity contribution >= 4 is 51.2 Å². The lowest BCUT2D eigenvalue weighted by atomic mass is 10.3. The van der Waals surface area contributed by atoms with Gasteiger partial charge >= 0.3 is 0 Å². The molecule has 0 radical (unpaired) electrons. The van der Waals surface area contributed by atoms with Crippen LogP contribution in [0.2, 0.25) is 5.02 Å². The number of benzene rings is 2. The van der Waals surface area contributed by atoms with Gasteiger partial charge in [0.15, 0.2) is 5.09 Å². The Labute approximate surface area is 151 Å². The number of furan rings is 1. The number of phenolic OH excluding ortho intramolecular Hbond substituents is 1. The van der Waals surface area contributed by atoms with Crippen LogP contribution in [0.25, 0.3) is 0 Å². The number of halogens is 2. The average Bonchev–Trinajstić information content (AvgIpc) is 2.89. The van der Waals surface area contributed by atoms with E-state index in [1.807, 2.05) is 30.3 Å². The maximum absolute atomic E-state index is 9.25. The van der Waals surface area contributed by atoms with Crippen LogP contribution in [-0.2, 0) is 0 Å². The third kappa shape index (κ3) is 4.41. The van der Waals surface area contributed by atoms with Gasteiger partial charge in [0.05, 0.1) is 16.4 Å². The SMILES string of the molecule is Oc1ccc(N=Cc2cc(Br)c(Sc3ccc(Cl)cc3)o2)cc1. The first-order valence-corrected chi connectivity index (χ1v) is 8.65. The summed E-state index contributed by atoms with van der Waals surface area (Å²) >= 11 is 10.9. The molecule has 0 spiro atoms. The van der Waals surface area contributed by atoms with E-state index < -0.39 is 0 Å². The molecule has 1 heterocycles. The largest absolute Gasteiger partial charge is 0.508 e. The van der Waals surface area contributed by atoms with Crippen molar-refractivity contribution in [2.45, 2.75) is 9.99 Å². The fourth-order valence-electron chi connectivity index (χ4n) is 1.79. The Balaban J connectivity index is 1.75. The van der Waals surface area contributed by atoms with E-state index in [4.69, 9.17) is 16.0 Å². The Morgan fingerprint density at radius 2 is 1.78 bits per heavy atom. The van der Waals surface area contributed by atoms with Crippen molar-refractivity contribution in [3.63, 3.8) is 0 Å². The molecule has 0 saturated carbocycles. The summed E-state index contributed by atoms with van der Waals surface area (Å²) in [6.45, 7) is 0. The molecule has 0 atom stereocenters. The third-order valence-electron chi connectivity index (χ3n) is 2.89. The highest BCUT2D eigenvalue weighted by Crippen LogP contribution is 2.36. The minimum absolute atomic E-state index is 0.214. The molecule has 3 nitrogen and oxygen atoms in total. The van der Waals surface area contributed by atoms with Crippen LogP contribution in [0.4, 0.5) is 5.69 Å². The van der Waals surface area contributed by atoms with E-state index in [2.05, 4.69) is 20.9 Å². The molecule has 0 amide bonds. The Kier molecular flexibility index (Phi) is 5.10. The number of aromatic hydroxyl groups is 1. The first-order valence-electron chi connectivity index (χ1n) is 6.66. The quantitative estimate of drug-likeness (QED) is 0.515. The van der Waals surface area contributed by atoms with E-state index in [-0.39, 0.29) is 5.75 Å². The zero-order valence-electron chi connectivity index (χ0n) is 11.7. The average molecular weight is 409 g/mol. The number of nitrogens with zero attached hydrogens (tertiary/aromatic N) is 1. The molecule has 0 saturated heterocycles. The molecular weight excluding hydrogens is 398 g/mol. The van der Waals surface area contributed by atoms with Gasteiger partial charge in [-0.15, -0.1) is 0 Å². The molecule has 23 heavy (non-hydrogen) atoms. The highest BCUT2D eigenvalue weighted by molar-refractivity contribution is 9.10. The molecule has 3 aromatic rings. The van der Waals surface area contributed by atoms with Gasteiger partial charge in [-0.1, -0.05) is 23.4 Å². The fraction of sp³-hybridized carbons (Fsp3) is 0. The van der Waals surface area contributed by atoms with E-state index in [9.17, 15) is 5.11 Å². The van der Waals surface area contributed by atoms with Crippen LogP contribution in [0.3, 0.4) is 0 Å². The maximum atomic E-state index is 9.25. The lowest BCUT2D eigenvalue weighted by Gasteiger charge is -1.98. The summed E-state index contributed by atoms with van der Waals surface area (Å²) in [6, 6.07) is 16.1. The standard InChI is InChI=1S/C17H11BrClNO2S/c18-16-9-14(10-20-12-3-5-13(21)6-4-12)22-17(16)23-15-7-1-11(19)2-8-15/h1-10,21H. The first kappa shape index (κ1) is 16.2. The number of phenols is 1. The van der Waals surface area contributed by atoms with Crippen LogP contribution in [0.15, 0.2) is 78.5 Å². The van der Waals surface area contributed by atoms with Crippen LogP contribution < -0.4 is 0 Å². The maximum Gasteiger partial charge on any atom is 0.179 e. The van der Waals surface area contributed by atoms with Gasteiger partial charge in [-0.2, -0.15) is 0 Å². The van der Waals surface area contributed by atoms with E-state index in [0.717, 1.165) is 20.1 Å². The topological polar surface area (TPSA) is 45.7 Å². The number of rotatable bonds is 4. The zero-order valence-corrected chi connectivity index (χ0v) is 14.9. The summed E-state index contributed by atoms with van der Waals surface area (Å²) in [5.74, 6) is 0.854. The summed E-state index contributed by atoms with van der Waals surface area (Å²) in [5.41, 5.74) is 0.738. The predicted molar refractivity (Wildman–Crippen MR) is 97.3 cm³/mol. The number of hydrogen-bond donors (Lipinski definition) is 1. The Bertz CT molecular complexity index is 829. The highest BCUT2D eigenvalue weighted by Gasteiger charge is 2.09. The molecule has 1 aromatic heterocycles. The van der Waals surface area contributed by atoms with Gasteiger partial charge < -0.3 is 9.52 Å². The van der Waals surface area contributed by atoms with Crippen molar-refractivity contribution in [1.29, 1.82) is 0 Å². The van der Waals surface area contributed by atoms with Gasteiger partial charge in [-0.25, -0.2) is 0 Å². The lowest BCUT2D eigenvalue weighted by molar-refractivity contribution is 0.466. The normalized spacial score (nSPS) is 11.2. The minimum Gasteiger partial charge on any atom is -0.508 e. The summed E-state index contributed by atoms with van der Waals surface area (Å²) in [4.78, 5) is 5.35. The van der Waals surface area contributed by atoms with E-state index >= 15 is 0 Å². The first-order chi connectivity index (χ1) is 11.1. The van der Waals surface area contributed by atoms with Crippen LogP contribution >= 0.6 is 39.3 Å². The van der Waals surface area contributed by atoms with E-state index in [0.29, 0.717) is 10.8 Å². The van der Waals surface area contributed by atoms with Crippen molar-refractivity contribution in [3.05, 3.63) is 69.9 Å². The second kappa shape index (κ2) is 7.25. The smallest absolute Gasteiger partial charge is 0.179 e. The van der Waals surface area contributed by atoms with Gasteiger partial charge in [0.2, 0.25) is 0 Å². The molecule has 0 aliphatic heterocycles. The van der Waals surface area contributed by atoms with Gasteiger partial charge in [-0.05, 0) is 64.5 Å². The molecule has 0 fully saturated rings. The Hall–Kier alpha value is -1.69. The van der Waals surface area contributed by atoms with Crippen LogP contribution in [0.5, 0.6) is 5.75 Å². The Morgan fingerprint density at radius 1 is 1.09 bits per heavy atom. The van der Waals surface area contributed by atoms with Crippen molar-refractivity contribution in [3.8, 4) is 5.75 Å². The second-order valence-corrected chi connectivity index (χ2v) is 6.95. The molecule has 0 aliphatic carbocycles. The van der Waals surface area contributed by atoms with Gasteiger partial charge in [0, 0.05) is 16.0 Å². The van der Waals surface area contributed by atoms with Crippen LogP contribution in [0, 0.1) is 0 Å². The summed E-state index contributed by atoms with van der Waals surface area (Å²) in [7, 11) is 0. The van der Waals surface area contributed by atoms with E-state index in [1.165, 1.54) is 11.8 Å². The minimum atomic E-state index is 0.214. The summed E-state index contributed by atoms with van der Waals surface area (Å²) in [6.07, 6.45) is 1.64. The molecule has 6 heteroatoms. The van der Waals surface area contributed by atoms with Gasteiger partial charge in [-0.3, -0.25) is 4.99 Å². The molecule has 1 N–H and O–H groups in total. The molecule has 0 unspecified atom stereocenters. The fourth-order valence-corrected chi connectivity index (χ4v) is 3.24. The van der Waals surface area contributed by atoms with Crippen molar-refractivity contribution in [1.82, 2.24) is 0 Å². The Morgan fingerprint density at radius 3 is 2.48 bits per heavy atom. The molecule has 2 aromatic carbocycles. The molecule has 0 aliphatic rings. The van der Waals surface area contributed by atoms with Crippen LogP contribution in [-0.4, -0.2) is 11.3 Å². The van der Waals surface area contributed by atoms with Crippen molar-refractivity contribution in [2.75, 3.05) is 0 Å². The zero-order chi connectivity index (χ0) is 16.2. The van der Waals surface area contributed by atoms with Crippen molar-refractivity contribution < 1.29 is 9.52 Å².